The Balaban J connectivity index is 0.00000150. The van der Waals surface area contributed by atoms with Crippen LogP contribution in [0.25, 0.3) is 0 Å². The van der Waals surface area contributed by atoms with Crippen LogP contribution in [-0.2, 0) is 48.3 Å². The summed E-state index contributed by atoms with van der Waals surface area (Å²) in [6, 6.07) is 0.553. The van der Waals surface area contributed by atoms with E-state index in [9.17, 15) is 51.9 Å². The Morgan fingerprint density at radius 1 is 0.440 bits per heavy atom. The summed E-state index contributed by atoms with van der Waals surface area (Å²) in [5.74, 6) is 2.16. The Hall–Kier alpha value is -7.55. The Kier molecular flexibility index (Phi) is 57.9. The zero-order valence-corrected chi connectivity index (χ0v) is 86.7. The van der Waals surface area contributed by atoms with Crippen LogP contribution in [-0.4, -0.2) is 283 Å². The van der Waals surface area contributed by atoms with Gasteiger partial charge in [-0.25, -0.2) is 18.0 Å². The van der Waals surface area contributed by atoms with E-state index in [0.29, 0.717) is 84.0 Å². The molecule has 10 aliphatic carbocycles. The van der Waals surface area contributed by atoms with Gasteiger partial charge < -0.3 is 134 Å². The maximum Gasteiger partial charge on any atom is 0.411 e. The molecule has 141 heavy (non-hydrogen) atoms. The monoisotopic (exact) mass is 2030 g/mol. The van der Waals surface area contributed by atoms with E-state index in [1.165, 1.54) is 4.90 Å². The molecule has 10 saturated carbocycles. The summed E-state index contributed by atoms with van der Waals surface area (Å²) in [6.45, 7) is 51.3. The number of hydrogen-bond donors (Lipinski definition) is 25. The molecule has 16 fully saturated rings. The number of ketones is 4. The van der Waals surface area contributed by atoms with Crippen LogP contribution in [0.4, 0.5) is 4.79 Å². The van der Waals surface area contributed by atoms with E-state index in [1.54, 1.807) is 55.4 Å². The molecule has 6 aliphatic heterocycles. The van der Waals surface area contributed by atoms with Crippen molar-refractivity contribution in [3.63, 3.8) is 0 Å². The molecular formula is C102H192N16O22S. The van der Waals surface area contributed by atoms with Crippen LogP contribution in [0, 0.1) is 62.6 Å². The molecule has 10 atom stereocenters. The predicted molar refractivity (Wildman–Crippen MR) is 557 cm³/mol. The van der Waals surface area contributed by atoms with Crippen molar-refractivity contribution < 1.29 is 108 Å². The van der Waals surface area contributed by atoms with Crippen LogP contribution in [0.3, 0.4) is 0 Å². The first-order chi connectivity index (χ1) is 63.9. The van der Waals surface area contributed by atoms with Gasteiger partial charge in [0, 0.05) is 144 Å². The van der Waals surface area contributed by atoms with Gasteiger partial charge in [-0.2, -0.15) is 0 Å². The highest BCUT2D eigenvalue weighted by atomic mass is 32.2. The fraction of sp³-hybridized carbons (Fsp3) is 0.784. The maximum atomic E-state index is 11.7. The van der Waals surface area contributed by atoms with E-state index in [0.717, 1.165) is 225 Å². The number of aliphatic carboxylic acids is 2. The second-order valence-corrected chi connectivity index (χ2v) is 45.5. The molecule has 0 radical (unpaired) electrons. The van der Waals surface area contributed by atoms with Crippen LogP contribution in [0.5, 0.6) is 0 Å². The molecule has 6 saturated heterocycles. The number of aliphatic hydroxyl groups is 9. The summed E-state index contributed by atoms with van der Waals surface area (Å²) in [6.07, 6.45) is 25.9. The molecule has 0 aromatic heterocycles. The van der Waals surface area contributed by atoms with Crippen LogP contribution in [0.2, 0.25) is 0 Å². The van der Waals surface area contributed by atoms with Crippen molar-refractivity contribution in [1.29, 1.82) is 0 Å². The molecule has 0 spiro atoms. The van der Waals surface area contributed by atoms with Gasteiger partial charge in [-0.1, -0.05) is 81.7 Å². The fourth-order valence-corrected chi connectivity index (χ4v) is 19.1. The number of amides is 2. The normalized spacial score (nSPS) is 33.6. The lowest BCUT2D eigenvalue weighted by molar-refractivity contribution is -0.149. The number of Topliss-reactive ketones (excluding diaryl/α,β-unsaturated/α-hetero) is 4. The lowest BCUT2D eigenvalue weighted by atomic mass is 9.39. The molecule has 6 heterocycles. The van der Waals surface area contributed by atoms with E-state index in [4.69, 9.17) is 107 Å². The first-order valence-corrected chi connectivity index (χ1v) is 51.3. The average Bonchev–Trinajstić information content (AvgIpc) is 1.30. The number of ether oxygens (including phenoxy) is 1. The molecule has 10 unspecified atom stereocenters. The number of likely N-dealkylation sites (tertiary alicyclic amines) is 2. The first-order valence-electron chi connectivity index (χ1n) is 49.4. The summed E-state index contributed by atoms with van der Waals surface area (Å²) in [4.78, 5) is 90.7. The van der Waals surface area contributed by atoms with Gasteiger partial charge in [0.05, 0.1) is 76.3 Å². The smallest absolute Gasteiger partial charge is 0.411 e. The third-order valence-electron chi connectivity index (χ3n) is 29.0. The highest BCUT2D eigenvalue weighted by Crippen LogP contribution is 2.68. The van der Waals surface area contributed by atoms with Crippen molar-refractivity contribution in [2.75, 3.05) is 72.2 Å². The van der Waals surface area contributed by atoms with Crippen molar-refractivity contribution in [2.24, 2.45) is 114 Å². The number of carbonyl (C=O) groups is 8. The number of nitrogens with one attached hydrogen (secondary N) is 5. The van der Waals surface area contributed by atoms with Crippen LogP contribution >= 0.6 is 0 Å². The van der Waals surface area contributed by atoms with E-state index >= 15 is 0 Å². The minimum absolute atomic E-state index is 0. The van der Waals surface area contributed by atoms with E-state index in [1.807, 2.05) is 30.5 Å². The second kappa shape index (κ2) is 61.2. The first kappa shape index (κ1) is 133. The van der Waals surface area contributed by atoms with Crippen molar-refractivity contribution in [3.8, 4) is 0 Å². The van der Waals surface area contributed by atoms with Crippen molar-refractivity contribution in [3.05, 3.63) is 86.4 Å². The number of rotatable bonds is 15. The van der Waals surface area contributed by atoms with Gasteiger partial charge in [0.25, 0.3) is 0 Å². The number of carbonyl (C=O) groups excluding carboxylic acids is 6. The largest absolute Gasteiger partial charge is 0.513 e. The van der Waals surface area contributed by atoms with Crippen molar-refractivity contribution >= 4 is 57.1 Å². The average molecular weight is 2030 g/mol. The van der Waals surface area contributed by atoms with Crippen LogP contribution in [0.1, 0.15) is 284 Å². The number of nitrogens with zero attached hydrogens (tertiary/aromatic N) is 2. The van der Waals surface area contributed by atoms with Gasteiger partial charge in [0.2, 0.25) is 15.9 Å². The van der Waals surface area contributed by atoms with Crippen LogP contribution in [0.15, 0.2) is 86.4 Å². The third kappa shape index (κ3) is 48.6. The molecule has 38 nitrogen and oxygen atoms in total. The van der Waals surface area contributed by atoms with Gasteiger partial charge in [-0.05, 0) is 281 Å². The maximum absolute atomic E-state index is 11.7. The zero-order valence-electron chi connectivity index (χ0n) is 85.9. The van der Waals surface area contributed by atoms with Gasteiger partial charge in [0.15, 0.2) is 0 Å². The van der Waals surface area contributed by atoms with E-state index in [2.05, 4.69) is 74.2 Å². The SMILES string of the molecule is C.C.C=C(O)C1(C)CC(N)C1.C=C(O)C1(C)CCNCC1.C=C(O)C12CC(N)(C1)C2.C=C(O)C1CC(N)C1.C=C(O)C1CC(N)C1.C=C(O)C1CCC(O)CC1.C=C(O)C1CCC(O)CC1.CC(=O)C1(C)CCNC1.CC(=O)C1CC(N)CN1.CC(=O)C1CC(N)CN1C.CC(=O)C1CCC(N)C1.CC(C)(C)OC(=O)N1CC(N)CC1C(=O)O.CC1(C(=O)O)CCCNC1.CS(=O)(=O)NC(=O)C1CC(N)C1. The third-order valence-corrected chi connectivity index (χ3v) is 29.6. The molecule has 0 aromatic carbocycles. The predicted octanol–water partition coefficient (Wildman–Crippen LogP) is 9.47. The number of piperidine rings is 2. The van der Waals surface area contributed by atoms with Crippen molar-refractivity contribution in [2.45, 2.75) is 373 Å². The molecular weight excluding hydrogens is 1830 g/mol. The second-order valence-electron chi connectivity index (χ2n) is 43.7. The Morgan fingerprint density at radius 3 is 1.06 bits per heavy atom. The summed E-state index contributed by atoms with van der Waals surface area (Å²) in [5, 5.41) is 111. The summed E-state index contributed by atoms with van der Waals surface area (Å²) in [5.41, 5.74) is 49.0. The van der Waals surface area contributed by atoms with Gasteiger partial charge in [-0.3, -0.25) is 43.3 Å². The number of likely N-dealkylation sites (N-methyl/N-ethyl adjacent to an activating group) is 1. The van der Waals surface area contributed by atoms with Gasteiger partial charge >= 0.3 is 18.0 Å². The number of hydrogen-bond acceptors (Lipinski definition) is 34. The topological polar surface area (TPSA) is 703 Å². The highest BCUT2D eigenvalue weighted by molar-refractivity contribution is 7.89. The Bertz CT molecular complexity index is 3910. The lowest BCUT2D eigenvalue weighted by Crippen LogP contribution is -2.72. The van der Waals surface area contributed by atoms with E-state index < -0.39 is 51.0 Å². The number of carboxylic acid groups (broad SMARTS) is 2. The molecule has 818 valence electrons. The highest BCUT2D eigenvalue weighted by Gasteiger charge is 2.67. The lowest BCUT2D eigenvalue weighted by Gasteiger charge is -2.68. The molecule has 16 aliphatic rings. The number of aliphatic hydroxyl groups excluding tert-OH is 9. The molecule has 0 aromatic rings. The van der Waals surface area contributed by atoms with Gasteiger partial charge in [-0.15, -0.1) is 0 Å². The number of carboxylic acids is 2. The summed E-state index contributed by atoms with van der Waals surface area (Å²) in [7, 11) is -1.46. The number of nitrogens with two attached hydrogens (primary N) is 9. The Morgan fingerprint density at radius 2 is 0.837 bits per heavy atom. The van der Waals surface area contributed by atoms with Crippen molar-refractivity contribution in [1.82, 2.24) is 35.8 Å². The standard InChI is InChI=1S/C10H18N2O4.C8H15NO.2C8H14O2.C7H14N2O.C7H13NO2.C7H11NO.3C7H13NO.C6H12N2O3S.C6H12N2O.2C6H11NO.2CH4/c1-10(2,3)16-9(15)12-5-6(11)4-7(12)8(13)14;1-7(10)8(2)3-5-9-6-4-8;2*1-6(9)7-2-4-8(10)5-3-7;1-5(10)7-3-6(8)4-9(7)2;1-7(6(9)10)3-2-4-8-5-7;1-5(9)6-2-7(8,3-6)4-6;1-5(9)7(2)3-6(8)4-7;1-6(9)7(2)3-4-8-5-7;1-5(9)6-2-3-7(8)4-6;1-12(10,11)8-6(9)4-2-5(7)3-4;1-4(9)6-2-5(7)3-8-6;2*1-4(8)5-2-6(7)3-5;;/h6-7H,4-5,11H2,1-3H3,(H,13,14);9-10H,1,3-6H2,2H3;2*7-10H,1-5H2;6-7H,3-4,8H2,1-2H3;8H,2-5H2,1H3,(H,9,10);9H,1-4,8H2;6,9H,1,3-4,8H2,2H3;8H,3-5H2,1-2H3;6-7H,2-4,8H2,1H3;4-5H,2-3,7H2,1H3,(H,8,9);5-6,8H,2-3,7H2,1H3;2*5-6,8H,1-3,7H2;2*1H4. The Labute approximate surface area is 842 Å². The number of sulfonamides is 1. The van der Waals surface area contributed by atoms with Crippen LogP contribution < -0.4 is 77.6 Å². The molecule has 2 bridgehead atoms. The minimum Gasteiger partial charge on any atom is -0.513 e. The van der Waals surface area contributed by atoms with E-state index in [-0.39, 0.29) is 162 Å². The molecule has 16 rings (SSSR count). The molecule has 34 N–H and O–H groups in total. The number of allylic oxidation sites excluding steroid dienone is 7. The minimum atomic E-state index is -3.40. The van der Waals surface area contributed by atoms with Gasteiger partial charge in [0.1, 0.15) is 34.8 Å². The summed E-state index contributed by atoms with van der Waals surface area (Å²) < 4.78 is 28.2. The molecule has 39 heteroatoms. The fourth-order valence-electron chi connectivity index (χ4n) is 18.6. The zero-order chi connectivity index (χ0) is 107. The summed E-state index contributed by atoms with van der Waals surface area (Å²) >= 11 is 0. The quantitative estimate of drug-likeness (QED) is 0.0678. The molecule has 2 amide bonds.